The molecule has 61 heavy (non-hydrogen) atoms. The van der Waals surface area contributed by atoms with Gasteiger partial charge in [-0.2, -0.15) is 25.3 Å². The number of aliphatic imine (C=N–C) groups is 2. The third-order valence-electron chi connectivity index (χ3n) is 10.2. The summed E-state index contributed by atoms with van der Waals surface area (Å²) in [6, 6.07) is 4.10. The lowest BCUT2D eigenvalue weighted by Gasteiger charge is -2.27. The number of nitrogens with one attached hydrogen (secondary N) is 1. The number of carbonyl (C=O) groups excluding carboxylic acids is 3. The van der Waals surface area contributed by atoms with Gasteiger partial charge in [-0.05, 0) is 73.7 Å². The standard InChI is InChI=1S/C40H50ClN5O12S3/c1-6-28(41)25-31-38(43-19-7-23-59(50,51)52)44-33(39(31,2)3)14-9-27(11-16-35(47)42-20-22-46-36(48)17-18-37(46)49)10-15-34-40(4,5)30-26-29(61(56,57)58)12-13-32(30)45(34)21-8-24-60(53,54)55/h6,9-10,12-15,17-18,25-26H,7-8,11,16,19-24H2,1-5H3,(H,42,47)(H,50,51,52)(H,53,54,55)(H,56,57,58)/b14-9+,27-10-,28-6+,31-25?,34-15+,43-38?. The molecule has 1 aromatic carbocycles. The topological polar surface area (TPSA) is 258 Å². The fraction of sp³-hybridized carbons (Fsp3) is 0.425. The fourth-order valence-electron chi connectivity index (χ4n) is 6.86. The molecule has 21 heteroatoms. The van der Waals surface area contributed by atoms with E-state index < -0.39 is 64.5 Å². The molecule has 17 nitrogen and oxygen atoms in total. The third-order valence-corrected chi connectivity index (χ3v) is 13.0. The molecule has 0 radical (unpaired) electrons. The average Bonchev–Trinajstić information content (AvgIpc) is 3.68. The Balaban J connectivity index is 1.75. The van der Waals surface area contributed by atoms with E-state index >= 15 is 0 Å². The lowest BCUT2D eigenvalue weighted by atomic mass is 9.80. The van der Waals surface area contributed by atoms with Crippen LogP contribution in [0.1, 0.15) is 65.9 Å². The molecule has 332 valence electrons. The van der Waals surface area contributed by atoms with Crippen LogP contribution in [0.4, 0.5) is 5.69 Å². The SMILES string of the molecule is C/C=C(/Cl)C=C1C(=NCCCS(=O)(=O)O)N=C(/C=C/C(=C/C=C2/N(CCCS(=O)(=O)O)c3ccc(S(=O)(=O)O)cc3C2(C)C)CCC(=O)NCCN2C(=O)C=CC2=O)C1(C)C. The Bertz CT molecular complexity index is 2520. The Morgan fingerprint density at radius 2 is 1.54 bits per heavy atom. The number of allylic oxidation sites excluding steroid dienone is 9. The summed E-state index contributed by atoms with van der Waals surface area (Å²) in [7, 11) is -13.1. The number of rotatable bonds is 19. The zero-order valence-electron chi connectivity index (χ0n) is 34.3. The Morgan fingerprint density at radius 3 is 2.15 bits per heavy atom. The maximum Gasteiger partial charge on any atom is 0.294 e. The molecule has 0 fully saturated rings. The molecule has 0 saturated carbocycles. The zero-order chi connectivity index (χ0) is 45.6. The van der Waals surface area contributed by atoms with Gasteiger partial charge in [0, 0.05) is 77.6 Å². The van der Waals surface area contributed by atoms with E-state index in [-0.39, 0.29) is 62.7 Å². The van der Waals surface area contributed by atoms with Crippen LogP contribution in [0.15, 0.2) is 104 Å². The molecule has 3 amide bonds. The number of imide groups is 1. The highest BCUT2D eigenvalue weighted by atomic mass is 35.5. The van der Waals surface area contributed by atoms with Crippen molar-refractivity contribution in [3.63, 3.8) is 0 Å². The van der Waals surface area contributed by atoms with Gasteiger partial charge in [0.1, 0.15) is 0 Å². The minimum absolute atomic E-state index is 0.00870. The normalized spacial score (nSPS) is 20.2. The van der Waals surface area contributed by atoms with Gasteiger partial charge in [-0.3, -0.25) is 37.9 Å². The molecule has 1 aromatic rings. The second-order valence-corrected chi connectivity index (χ2v) is 20.4. The van der Waals surface area contributed by atoms with Crippen molar-refractivity contribution in [2.45, 2.75) is 70.6 Å². The van der Waals surface area contributed by atoms with Gasteiger partial charge in [0.25, 0.3) is 42.2 Å². The van der Waals surface area contributed by atoms with Crippen molar-refractivity contribution in [2.75, 3.05) is 42.6 Å². The fourth-order valence-corrected chi connectivity index (χ4v) is 8.46. The van der Waals surface area contributed by atoms with Crippen molar-refractivity contribution < 1.29 is 53.3 Å². The van der Waals surface area contributed by atoms with Crippen LogP contribution in [-0.2, 0) is 50.2 Å². The van der Waals surface area contributed by atoms with E-state index in [1.807, 2.05) is 27.7 Å². The molecule has 0 aromatic heterocycles. The first-order chi connectivity index (χ1) is 28.2. The lowest BCUT2D eigenvalue weighted by Crippen LogP contribution is -2.38. The largest absolute Gasteiger partial charge is 0.354 e. The van der Waals surface area contributed by atoms with Crippen LogP contribution in [0.2, 0.25) is 0 Å². The van der Waals surface area contributed by atoms with Gasteiger partial charge in [0.2, 0.25) is 5.91 Å². The molecule has 3 heterocycles. The molecule has 3 aliphatic heterocycles. The predicted octanol–water partition coefficient (Wildman–Crippen LogP) is 4.72. The van der Waals surface area contributed by atoms with Crippen molar-refractivity contribution in [3.05, 3.63) is 94.2 Å². The number of amides is 3. The highest BCUT2D eigenvalue weighted by molar-refractivity contribution is 7.86. The first-order valence-corrected chi connectivity index (χ1v) is 24.2. The Morgan fingerprint density at radius 1 is 0.902 bits per heavy atom. The van der Waals surface area contributed by atoms with E-state index in [1.54, 1.807) is 48.3 Å². The van der Waals surface area contributed by atoms with Gasteiger partial charge in [-0.25, -0.2) is 4.99 Å². The molecule has 0 saturated heterocycles. The number of fused-ring (bicyclic) bond motifs is 1. The molecule has 4 N–H and O–H groups in total. The number of benzene rings is 1. The summed E-state index contributed by atoms with van der Waals surface area (Å²) < 4.78 is 98.5. The van der Waals surface area contributed by atoms with Crippen LogP contribution in [0, 0.1) is 5.41 Å². The second-order valence-electron chi connectivity index (χ2n) is 15.4. The first-order valence-electron chi connectivity index (χ1n) is 19.1. The smallest absolute Gasteiger partial charge is 0.294 e. The van der Waals surface area contributed by atoms with Crippen LogP contribution in [0.25, 0.3) is 0 Å². The maximum atomic E-state index is 13.1. The summed E-state index contributed by atoms with van der Waals surface area (Å²) >= 11 is 6.42. The number of halogens is 1. The molecule has 0 bridgehead atoms. The van der Waals surface area contributed by atoms with Gasteiger partial charge in [-0.1, -0.05) is 57.5 Å². The average molecular weight is 925 g/mol. The minimum Gasteiger partial charge on any atom is -0.354 e. The highest BCUT2D eigenvalue weighted by Crippen LogP contribution is 2.48. The summed E-state index contributed by atoms with van der Waals surface area (Å²) in [4.78, 5) is 48.7. The van der Waals surface area contributed by atoms with Crippen LogP contribution in [0.5, 0.6) is 0 Å². The summed E-state index contributed by atoms with van der Waals surface area (Å²) in [5, 5.41) is 3.13. The number of hydrogen-bond acceptors (Lipinski definition) is 11. The van der Waals surface area contributed by atoms with Gasteiger partial charge in [0.15, 0.2) is 5.84 Å². The third kappa shape index (κ3) is 13.2. The van der Waals surface area contributed by atoms with Crippen molar-refractivity contribution in [2.24, 2.45) is 15.4 Å². The first kappa shape index (κ1) is 49.1. The van der Waals surface area contributed by atoms with E-state index in [0.29, 0.717) is 44.7 Å². The molecule has 0 spiro atoms. The number of carbonyl (C=O) groups is 3. The number of hydrogen-bond donors (Lipinski definition) is 4. The highest BCUT2D eigenvalue weighted by Gasteiger charge is 2.41. The van der Waals surface area contributed by atoms with Gasteiger partial charge in [0.05, 0.1) is 22.1 Å². The second kappa shape index (κ2) is 19.6. The molecule has 4 rings (SSSR count). The Kier molecular flexibility index (Phi) is 15.8. The number of anilines is 1. The van der Waals surface area contributed by atoms with Crippen molar-refractivity contribution in [3.8, 4) is 0 Å². The van der Waals surface area contributed by atoms with E-state index in [0.717, 1.165) is 17.1 Å². The Hall–Kier alpha value is -4.57. The number of nitrogens with zero attached hydrogens (tertiary/aromatic N) is 4. The lowest BCUT2D eigenvalue weighted by molar-refractivity contribution is -0.137. The van der Waals surface area contributed by atoms with Crippen LogP contribution in [-0.4, -0.2) is 111 Å². The predicted molar refractivity (Wildman–Crippen MR) is 233 cm³/mol. The zero-order valence-corrected chi connectivity index (χ0v) is 37.5. The van der Waals surface area contributed by atoms with E-state index in [1.165, 1.54) is 18.2 Å². The maximum absolute atomic E-state index is 13.1. The molecule has 3 aliphatic rings. The molecule has 0 unspecified atom stereocenters. The monoisotopic (exact) mass is 923 g/mol. The summed E-state index contributed by atoms with van der Waals surface area (Å²) in [6.07, 6.45) is 12.9. The van der Waals surface area contributed by atoms with Gasteiger partial charge in [-0.15, -0.1) is 0 Å². The quantitative estimate of drug-likeness (QED) is 0.0635. The number of amidine groups is 1. The minimum atomic E-state index is -4.58. The molecular formula is C40H50ClN5O12S3. The Labute approximate surface area is 361 Å². The van der Waals surface area contributed by atoms with Gasteiger partial charge >= 0.3 is 0 Å². The molecule has 0 atom stereocenters. The van der Waals surface area contributed by atoms with Crippen LogP contribution >= 0.6 is 11.6 Å². The van der Waals surface area contributed by atoms with Crippen LogP contribution < -0.4 is 10.2 Å². The van der Waals surface area contributed by atoms with Crippen molar-refractivity contribution >= 4 is 76.9 Å². The van der Waals surface area contributed by atoms with Crippen molar-refractivity contribution in [1.29, 1.82) is 0 Å². The van der Waals surface area contributed by atoms with E-state index in [4.69, 9.17) is 16.6 Å². The summed E-state index contributed by atoms with van der Waals surface area (Å²) in [5.41, 5.74) is 1.81. The van der Waals surface area contributed by atoms with E-state index in [2.05, 4.69) is 10.3 Å². The summed E-state index contributed by atoms with van der Waals surface area (Å²) in [5.74, 6) is -2.03. The van der Waals surface area contributed by atoms with Gasteiger partial charge < -0.3 is 10.2 Å². The van der Waals surface area contributed by atoms with E-state index in [9.17, 15) is 53.3 Å². The molecule has 0 aliphatic carbocycles. The summed E-state index contributed by atoms with van der Waals surface area (Å²) in [6.45, 7) is 9.36. The van der Waals surface area contributed by atoms with Crippen molar-refractivity contribution in [1.82, 2.24) is 10.2 Å². The van der Waals surface area contributed by atoms with Crippen LogP contribution in [0.3, 0.4) is 0 Å². The molecular weight excluding hydrogens is 874 g/mol.